The zero-order valence-corrected chi connectivity index (χ0v) is 10.2. The van der Waals surface area contributed by atoms with Crippen molar-refractivity contribution in [3.05, 3.63) is 18.2 Å². The van der Waals surface area contributed by atoms with Gasteiger partial charge in [-0.15, -0.1) is 10.2 Å². The number of rotatable bonds is 2. The molecule has 0 spiro atoms. The summed E-state index contributed by atoms with van der Waals surface area (Å²) in [5, 5.41) is 17.6. The largest absolute Gasteiger partial charge is 0.394 e. The van der Waals surface area contributed by atoms with Gasteiger partial charge in [-0.25, -0.2) is 4.98 Å². The second-order valence-electron chi connectivity index (χ2n) is 4.30. The van der Waals surface area contributed by atoms with E-state index in [0.717, 1.165) is 17.3 Å². The second kappa shape index (κ2) is 4.51. The number of aryl methyl sites for hydroxylation is 1. The van der Waals surface area contributed by atoms with Crippen molar-refractivity contribution in [3.8, 4) is 0 Å². The van der Waals surface area contributed by atoms with Gasteiger partial charge in [-0.05, 0) is 6.92 Å². The molecule has 0 saturated carbocycles. The SMILES string of the molecule is Cc1nnc2c(N3CCOCC3CO)nccn12. The van der Waals surface area contributed by atoms with Crippen molar-refractivity contribution in [2.45, 2.75) is 13.0 Å². The average Bonchev–Trinajstić information content (AvgIpc) is 2.81. The Morgan fingerprint density at radius 2 is 2.39 bits per heavy atom. The predicted octanol–water partition coefficient (Wildman–Crippen LogP) is -0.370. The molecule has 7 heteroatoms. The molecule has 1 atom stereocenters. The van der Waals surface area contributed by atoms with E-state index in [2.05, 4.69) is 15.2 Å². The van der Waals surface area contributed by atoms with Crippen LogP contribution in [0.2, 0.25) is 0 Å². The van der Waals surface area contributed by atoms with E-state index in [1.807, 2.05) is 22.4 Å². The minimum atomic E-state index is -0.0746. The number of hydrogen-bond donors (Lipinski definition) is 1. The van der Waals surface area contributed by atoms with Crippen LogP contribution in [-0.4, -0.2) is 57.1 Å². The van der Waals surface area contributed by atoms with Crippen molar-refractivity contribution >= 4 is 11.5 Å². The molecule has 3 heterocycles. The Labute approximate surface area is 104 Å². The minimum Gasteiger partial charge on any atom is -0.394 e. The van der Waals surface area contributed by atoms with E-state index >= 15 is 0 Å². The smallest absolute Gasteiger partial charge is 0.203 e. The topological polar surface area (TPSA) is 75.8 Å². The lowest BCUT2D eigenvalue weighted by atomic mass is 10.2. The number of hydrogen-bond acceptors (Lipinski definition) is 6. The van der Waals surface area contributed by atoms with Crippen LogP contribution in [0.3, 0.4) is 0 Å². The van der Waals surface area contributed by atoms with E-state index in [1.165, 1.54) is 0 Å². The zero-order valence-electron chi connectivity index (χ0n) is 10.2. The number of aliphatic hydroxyl groups is 1. The quantitative estimate of drug-likeness (QED) is 0.782. The minimum absolute atomic E-state index is 0.0376. The van der Waals surface area contributed by atoms with Gasteiger partial charge in [0.05, 0.1) is 25.9 Å². The van der Waals surface area contributed by atoms with E-state index in [0.29, 0.717) is 19.8 Å². The molecule has 0 aliphatic carbocycles. The van der Waals surface area contributed by atoms with Crippen molar-refractivity contribution in [3.63, 3.8) is 0 Å². The third kappa shape index (κ3) is 1.72. The van der Waals surface area contributed by atoms with Crippen LogP contribution >= 0.6 is 0 Å². The van der Waals surface area contributed by atoms with Gasteiger partial charge < -0.3 is 14.7 Å². The van der Waals surface area contributed by atoms with Gasteiger partial charge in [-0.2, -0.15) is 0 Å². The summed E-state index contributed by atoms with van der Waals surface area (Å²) >= 11 is 0. The van der Waals surface area contributed by atoms with E-state index in [4.69, 9.17) is 4.74 Å². The summed E-state index contributed by atoms with van der Waals surface area (Å²) in [5.74, 6) is 1.57. The van der Waals surface area contributed by atoms with Crippen molar-refractivity contribution in [2.24, 2.45) is 0 Å². The maximum atomic E-state index is 9.41. The van der Waals surface area contributed by atoms with Gasteiger partial charge in [0.15, 0.2) is 5.82 Å². The van der Waals surface area contributed by atoms with Gasteiger partial charge in [-0.1, -0.05) is 0 Å². The molecular formula is C11H15N5O2. The monoisotopic (exact) mass is 249 g/mol. The first-order valence-corrected chi connectivity index (χ1v) is 5.93. The molecule has 2 aromatic heterocycles. The van der Waals surface area contributed by atoms with Crippen LogP contribution in [0.15, 0.2) is 12.4 Å². The fraction of sp³-hybridized carbons (Fsp3) is 0.545. The van der Waals surface area contributed by atoms with Gasteiger partial charge in [-0.3, -0.25) is 4.40 Å². The summed E-state index contributed by atoms with van der Waals surface area (Å²) in [5.41, 5.74) is 0.718. The lowest BCUT2D eigenvalue weighted by Crippen LogP contribution is -2.48. The highest BCUT2D eigenvalue weighted by molar-refractivity contribution is 5.64. The maximum absolute atomic E-state index is 9.41. The Morgan fingerprint density at radius 1 is 1.50 bits per heavy atom. The van der Waals surface area contributed by atoms with Gasteiger partial charge >= 0.3 is 0 Å². The Kier molecular flexibility index (Phi) is 2.85. The first kappa shape index (κ1) is 11.4. The number of aliphatic hydroxyl groups excluding tert-OH is 1. The first-order valence-electron chi connectivity index (χ1n) is 5.93. The Bertz CT molecular complexity index is 555. The molecule has 0 radical (unpaired) electrons. The molecule has 1 fully saturated rings. The lowest BCUT2D eigenvalue weighted by molar-refractivity contribution is 0.0724. The summed E-state index contributed by atoms with van der Waals surface area (Å²) in [6.45, 7) is 3.77. The summed E-state index contributed by atoms with van der Waals surface area (Å²) in [6, 6.07) is -0.0746. The summed E-state index contributed by atoms with van der Waals surface area (Å²) in [4.78, 5) is 6.41. The highest BCUT2D eigenvalue weighted by Gasteiger charge is 2.26. The maximum Gasteiger partial charge on any atom is 0.203 e. The normalized spacial score (nSPS) is 20.6. The standard InChI is InChI=1S/C11H15N5O2/c1-8-13-14-11-10(12-2-3-15(8)11)16-4-5-18-7-9(16)6-17/h2-3,9,17H,4-7H2,1H3. The van der Waals surface area contributed by atoms with Crippen molar-refractivity contribution < 1.29 is 9.84 Å². The zero-order chi connectivity index (χ0) is 12.5. The number of nitrogens with zero attached hydrogens (tertiary/aromatic N) is 5. The molecule has 18 heavy (non-hydrogen) atoms. The third-order valence-corrected chi connectivity index (χ3v) is 3.19. The number of aromatic nitrogens is 4. The molecule has 0 bridgehead atoms. The van der Waals surface area contributed by atoms with Crippen molar-refractivity contribution in [1.29, 1.82) is 0 Å². The fourth-order valence-corrected chi connectivity index (χ4v) is 2.22. The van der Waals surface area contributed by atoms with Crippen LogP contribution in [0, 0.1) is 6.92 Å². The number of morpholine rings is 1. The van der Waals surface area contributed by atoms with Crippen LogP contribution in [0.1, 0.15) is 5.82 Å². The number of fused-ring (bicyclic) bond motifs is 1. The number of ether oxygens (including phenoxy) is 1. The fourth-order valence-electron chi connectivity index (χ4n) is 2.22. The molecule has 1 aliphatic heterocycles. The highest BCUT2D eigenvalue weighted by Crippen LogP contribution is 2.21. The van der Waals surface area contributed by atoms with Crippen molar-refractivity contribution in [1.82, 2.24) is 19.6 Å². The van der Waals surface area contributed by atoms with Crippen LogP contribution in [-0.2, 0) is 4.74 Å². The van der Waals surface area contributed by atoms with Crippen LogP contribution in [0.5, 0.6) is 0 Å². The average molecular weight is 249 g/mol. The third-order valence-electron chi connectivity index (χ3n) is 3.19. The molecule has 0 amide bonds. The van der Waals surface area contributed by atoms with Gasteiger partial charge in [0.2, 0.25) is 5.65 Å². The second-order valence-corrected chi connectivity index (χ2v) is 4.30. The van der Waals surface area contributed by atoms with E-state index in [-0.39, 0.29) is 12.6 Å². The Hall–Kier alpha value is -1.73. The van der Waals surface area contributed by atoms with Gasteiger partial charge in [0.1, 0.15) is 5.82 Å². The highest BCUT2D eigenvalue weighted by atomic mass is 16.5. The molecular weight excluding hydrogens is 234 g/mol. The molecule has 1 saturated heterocycles. The van der Waals surface area contributed by atoms with Gasteiger partial charge in [0.25, 0.3) is 0 Å². The number of anilines is 1. The van der Waals surface area contributed by atoms with Crippen LogP contribution < -0.4 is 4.90 Å². The molecule has 1 unspecified atom stereocenters. The Balaban J connectivity index is 2.07. The molecule has 96 valence electrons. The first-order chi connectivity index (χ1) is 8.81. The molecule has 2 aromatic rings. The molecule has 1 aliphatic rings. The Morgan fingerprint density at radius 3 is 3.22 bits per heavy atom. The summed E-state index contributed by atoms with van der Waals surface area (Å²) < 4.78 is 7.26. The van der Waals surface area contributed by atoms with Crippen molar-refractivity contribution in [2.75, 3.05) is 31.3 Å². The van der Waals surface area contributed by atoms with E-state index < -0.39 is 0 Å². The molecule has 0 aromatic carbocycles. The molecule has 1 N–H and O–H groups in total. The van der Waals surface area contributed by atoms with E-state index in [9.17, 15) is 5.11 Å². The molecule has 3 rings (SSSR count). The predicted molar refractivity (Wildman–Crippen MR) is 64.6 cm³/mol. The lowest BCUT2D eigenvalue weighted by Gasteiger charge is -2.35. The van der Waals surface area contributed by atoms with Crippen LogP contribution in [0.4, 0.5) is 5.82 Å². The van der Waals surface area contributed by atoms with E-state index in [1.54, 1.807) is 6.20 Å². The molecule has 7 nitrogen and oxygen atoms in total. The van der Waals surface area contributed by atoms with Crippen LogP contribution in [0.25, 0.3) is 5.65 Å². The summed E-state index contributed by atoms with van der Waals surface area (Å²) in [6.07, 6.45) is 3.56. The van der Waals surface area contributed by atoms with Gasteiger partial charge in [0, 0.05) is 18.9 Å². The summed E-state index contributed by atoms with van der Waals surface area (Å²) in [7, 11) is 0.